The van der Waals surface area contributed by atoms with Gasteiger partial charge in [-0.25, -0.2) is 0 Å². The van der Waals surface area contributed by atoms with Gasteiger partial charge in [0, 0.05) is 10.9 Å². The van der Waals surface area contributed by atoms with Crippen molar-refractivity contribution in [1.29, 1.82) is 0 Å². The highest BCUT2D eigenvalue weighted by Crippen LogP contribution is 2.13. The molecule has 0 aliphatic rings. The van der Waals surface area contributed by atoms with Gasteiger partial charge in [0.2, 0.25) is 0 Å². The molecule has 0 amide bonds. The van der Waals surface area contributed by atoms with E-state index >= 15 is 0 Å². The van der Waals surface area contributed by atoms with Crippen LogP contribution in [0, 0.1) is 0 Å². The summed E-state index contributed by atoms with van der Waals surface area (Å²) in [5.74, 6) is 0. The second kappa shape index (κ2) is 6.84. The van der Waals surface area contributed by atoms with Crippen LogP contribution in [0.25, 0.3) is 0 Å². The predicted octanol–water partition coefficient (Wildman–Crippen LogP) is 2.68. The third-order valence-corrected chi connectivity index (χ3v) is 2.99. The van der Waals surface area contributed by atoms with Crippen LogP contribution < -0.4 is 0 Å². The predicted molar refractivity (Wildman–Crippen MR) is 69.3 cm³/mol. The Morgan fingerprint density at radius 1 is 1.25 bits per heavy atom. The molecule has 0 spiro atoms. The van der Waals surface area contributed by atoms with Crippen molar-refractivity contribution < 1.29 is 10.2 Å². The van der Waals surface area contributed by atoms with E-state index in [0.717, 1.165) is 10.9 Å². The molecule has 0 aliphatic carbocycles. The number of aliphatic hydroxyl groups excluding tert-OH is 2. The smallest absolute Gasteiger partial charge is 0.0742 e. The molecule has 0 aliphatic heterocycles. The van der Waals surface area contributed by atoms with E-state index in [4.69, 9.17) is 0 Å². The van der Waals surface area contributed by atoms with Crippen molar-refractivity contribution in [2.75, 3.05) is 0 Å². The van der Waals surface area contributed by atoms with Gasteiger partial charge in [-0.2, -0.15) is 0 Å². The molecule has 2 nitrogen and oxygen atoms in total. The van der Waals surface area contributed by atoms with E-state index in [-0.39, 0.29) is 0 Å². The second-order valence-corrected chi connectivity index (χ2v) is 4.77. The molecule has 16 heavy (non-hydrogen) atoms. The number of rotatable bonds is 6. The van der Waals surface area contributed by atoms with Crippen molar-refractivity contribution in [1.82, 2.24) is 0 Å². The van der Waals surface area contributed by atoms with Crippen LogP contribution in [0.3, 0.4) is 0 Å². The minimum absolute atomic E-state index is 0.361. The summed E-state index contributed by atoms with van der Waals surface area (Å²) in [6.45, 7) is 3.48. The number of hydrogen-bond donors (Lipinski definition) is 2. The van der Waals surface area contributed by atoms with Crippen LogP contribution in [-0.4, -0.2) is 22.4 Å². The summed E-state index contributed by atoms with van der Waals surface area (Å²) in [6, 6.07) is 8.03. The van der Waals surface area contributed by atoms with Gasteiger partial charge in [0.15, 0.2) is 0 Å². The van der Waals surface area contributed by atoms with Crippen molar-refractivity contribution in [3.8, 4) is 0 Å². The minimum Gasteiger partial charge on any atom is -0.393 e. The van der Waals surface area contributed by atoms with Crippen molar-refractivity contribution >= 4 is 15.9 Å². The number of aliphatic hydroxyl groups is 2. The third kappa shape index (κ3) is 4.92. The van der Waals surface area contributed by atoms with Gasteiger partial charge in [0.25, 0.3) is 0 Å². The molecule has 2 N–H and O–H groups in total. The molecule has 3 heteroatoms. The molecule has 2 unspecified atom stereocenters. The largest absolute Gasteiger partial charge is 0.393 e. The van der Waals surface area contributed by atoms with Gasteiger partial charge in [-0.15, -0.1) is 6.58 Å². The monoisotopic (exact) mass is 284 g/mol. The van der Waals surface area contributed by atoms with E-state index in [2.05, 4.69) is 22.5 Å². The lowest BCUT2D eigenvalue weighted by Crippen LogP contribution is -2.16. The molecule has 0 bridgehead atoms. The van der Waals surface area contributed by atoms with Crippen LogP contribution in [0.4, 0.5) is 0 Å². The van der Waals surface area contributed by atoms with E-state index < -0.39 is 12.2 Å². The summed E-state index contributed by atoms with van der Waals surface area (Å²) in [6.07, 6.45) is 2.20. The fourth-order valence-corrected chi connectivity index (χ4v) is 1.74. The minimum atomic E-state index is -0.611. The zero-order valence-corrected chi connectivity index (χ0v) is 10.7. The number of halogens is 1. The SMILES string of the molecule is C=CC(O)CC(O)CCc1ccc(Br)cc1. The summed E-state index contributed by atoms with van der Waals surface area (Å²) in [7, 11) is 0. The van der Waals surface area contributed by atoms with Gasteiger partial charge in [-0.3, -0.25) is 0 Å². The van der Waals surface area contributed by atoms with E-state index in [1.165, 1.54) is 11.6 Å². The lowest BCUT2D eigenvalue weighted by molar-refractivity contribution is 0.0981. The Morgan fingerprint density at radius 3 is 2.44 bits per heavy atom. The van der Waals surface area contributed by atoms with Gasteiger partial charge in [0.05, 0.1) is 12.2 Å². The molecular formula is C13H17BrO2. The molecule has 88 valence electrons. The first kappa shape index (κ1) is 13.4. The van der Waals surface area contributed by atoms with E-state index in [1.54, 1.807) is 0 Å². The van der Waals surface area contributed by atoms with Gasteiger partial charge in [-0.1, -0.05) is 34.1 Å². The van der Waals surface area contributed by atoms with Crippen molar-refractivity contribution in [2.24, 2.45) is 0 Å². The Morgan fingerprint density at radius 2 is 1.88 bits per heavy atom. The lowest BCUT2D eigenvalue weighted by Gasteiger charge is -2.12. The molecule has 0 saturated carbocycles. The Balaban J connectivity index is 2.33. The average molecular weight is 285 g/mol. The van der Waals surface area contributed by atoms with Crippen LogP contribution in [0.1, 0.15) is 18.4 Å². The highest BCUT2D eigenvalue weighted by molar-refractivity contribution is 9.10. The molecule has 1 rings (SSSR count). The first-order chi connectivity index (χ1) is 7.61. The van der Waals surface area contributed by atoms with E-state index in [0.29, 0.717) is 12.8 Å². The highest BCUT2D eigenvalue weighted by atomic mass is 79.9. The molecule has 0 saturated heterocycles. The Kier molecular flexibility index (Phi) is 5.74. The summed E-state index contributed by atoms with van der Waals surface area (Å²) < 4.78 is 1.05. The number of benzene rings is 1. The maximum absolute atomic E-state index is 9.65. The first-order valence-corrected chi connectivity index (χ1v) is 6.14. The average Bonchev–Trinajstić information content (AvgIpc) is 2.28. The summed E-state index contributed by atoms with van der Waals surface area (Å²) in [5, 5.41) is 18.9. The van der Waals surface area contributed by atoms with Crippen molar-refractivity contribution in [2.45, 2.75) is 31.5 Å². The molecule has 0 fully saturated rings. The van der Waals surface area contributed by atoms with Gasteiger partial charge >= 0.3 is 0 Å². The number of aryl methyl sites for hydroxylation is 1. The van der Waals surface area contributed by atoms with E-state index in [9.17, 15) is 10.2 Å². The summed E-state index contributed by atoms with van der Waals surface area (Å²) in [5.41, 5.74) is 1.19. The highest BCUT2D eigenvalue weighted by Gasteiger charge is 2.08. The molecule has 1 aromatic carbocycles. The molecule has 0 heterocycles. The standard InChI is InChI=1S/C13H17BrO2/c1-2-12(15)9-13(16)8-5-10-3-6-11(14)7-4-10/h2-4,6-7,12-13,15-16H,1,5,8-9H2. The quantitative estimate of drug-likeness (QED) is 0.789. The van der Waals surface area contributed by atoms with Crippen LogP contribution in [0.15, 0.2) is 41.4 Å². The topological polar surface area (TPSA) is 40.5 Å². The zero-order chi connectivity index (χ0) is 12.0. The van der Waals surface area contributed by atoms with Crippen LogP contribution in [0.5, 0.6) is 0 Å². The van der Waals surface area contributed by atoms with Crippen LogP contribution in [-0.2, 0) is 6.42 Å². The van der Waals surface area contributed by atoms with Crippen LogP contribution >= 0.6 is 15.9 Å². The maximum atomic E-state index is 9.65. The molecular weight excluding hydrogens is 268 g/mol. The van der Waals surface area contributed by atoms with Gasteiger partial charge < -0.3 is 10.2 Å². The van der Waals surface area contributed by atoms with Gasteiger partial charge in [-0.05, 0) is 30.5 Å². The molecule has 0 aromatic heterocycles. The zero-order valence-electron chi connectivity index (χ0n) is 9.14. The lowest BCUT2D eigenvalue weighted by atomic mass is 10.0. The maximum Gasteiger partial charge on any atom is 0.0742 e. The molecule has 2 atom stereocenters. The van der Waals surface area contributed by atoms with Crippen molar-refractivity contribution in [3.63, 3.8) is 0 Å². The Hall–Kier alpha value is -0.640. The molecule has 1 aromatic rings. The summed E-state index contributed by atoms with van der Waals surface area (Å²) in [4.78, 5) is 0. The molecule has 0 radical (unpaired) electrons. The van der Waals surface area contributed by atoms with E-state index in [1.807, 2.05) is 24.3 Å². The van der Waals surface area contributed by atoms with Crippen molar-refractivity contribution in [3.05, 3.63) is 47.0 Å². The third-order valence-electron chi connectivity index (χ3n) is 2.47. The van der Waals surface area contributed by atoms with Crippen LogP contribution in [0.2, 0.25) is 0 Å². The second-order valence-electron chi connectivity index (χ2n) is 3.86. The first-order valence-electron chi connectivity index (χ1n) is 5.35. The Bertz CT molecular complexity index is 321. The number of hydrogen-bond acceptors (Lipinski definition) is 2. The fourth-order valence-electron chi connectivity index (χ4n) is 1.48. The summed E-state index contributed by atoms with van der Waals surface area (Å²) >= 11 is 3.37. The normalized spacial score (nSPS) is 14.4. The fraction of sp³-hybridized carbons (Fsp3) is 0.385. The van der Waals surface area contributed by atoms with Gasteiger partial charge in [0.1, 0.15) is 0 Å². The Labute approximate surface area is 105 Å².